The third kappa shape index (κ3) is 3.26. The molecule has 19 heavy (non-hydrogen) atoms. The second kappa shape index (κ2) is 6.37. The standard InChI is InChI=1S/C14H25N3O2/c1-11(18)16-6-8-17(9-7-16)14(19)13-5-3-2-4-12(13)10-15/h12-13H,2-10,15H2,1H3. The van der Waals surface area contributed by atoms with Gasteiger partial charge >= 0.3 is 0 Å². The normalized spacial score (nSPS) is 28.3. The van der Waals surface area contributed by atoms with Crippen LogP contribution in [0.1, 0.15) is 32.6 Å². The van der Waals surface area contributed by atoms with E-state index in [0.717, 1.165) is 19.3 Å². The summed E-state index contributed by atoms with van der Waals surface area (Å²) in [6, 6.07) is 0. The van der Waals surface area contributed by atoms with Crippen molar-refractivity contribution in [2.45, 2.75) is 32.6 Å². The van der Waals surface area contributed by atoms with E-state index in [2.05, 4.69) is 0 Å². The van der Waals surface area contributed by atoms with Crippen LogP contribution in [0.25, 0.3) is 0 Å². The van der Waals surface area contributed by atoms with Crippen LogP contribution < -0.4 is 5.73 Å². The summed E-state index contributed by atoms with van der Waals surface area (Å²) in [6.45, 7) is 4.88. The summed E-state index contributed by atoms with van der Waals surface area (Å²) < 4.78 is 0. The number of hydrogen-bond acceptors (Lipinski definition) is 3. The van der Waals surface area contributed by atoms with Gasteiger partial charge in [-0.15, -0.1) is 0 Å². The molecule has 2 aliphatic rings. The lowest BCUT2D eigenvalue weighted by molar-refractivity contribution is -0.143. The molecule has 2 amide bonds. The molecule has 1 heterocycles. The Labute approximate surface area is 115 Å². The smallest absolute Gasteiger partial charge is 0.226 e. The monoisotopic (exact) mass is 267 g/mol. The van der Waals surface area contributed by atoms with Gasteiger partial charge in [0, 0.05) is 39.0 Å². The molecule has 1 aliphatic carbocycles. The average Bonchev–Trinajstić information content (AvgIpc) is 2.46. The summed E-state index contributed by atoms with van der Waals surface area (Å²) in [5, 5.41) is 0. The van der Waals surface area contributed by atoms with Crippen molar-refractivity contribution in [3.63, 3.8) is 0 Å². The molecule has 0 aromatic carbocycles. The van der Waals surface area contributed by atoms with Gasteiger partial charge in [0.05, 0.1) is 0 Å². The molecule has 1 saturated heterocycles. The van der Waals surface area contributed by atoms with Gasteiger partial charge in [-0.3, -0.25) is 9.59 Å². The van der Waals surface area contributed by atoms with Crippen LogP contribution in [0.2, 0.25) is 0 Å². The van der Waals surface area contributed by atoms with Gasteiger partial charge in [0.25, 0.3) is 0 Å². The Morgan fingerprint density at radius 1 is 1.05 bits per heavy atom. The molecule has 108 valence electrons. The van der Waals surface area contributed by atoms with Crippen LogP contribution in [-0.4, -0.2) is 54.3 Å². The summed E-state index contributed by atoms with van der Waals surface area (Å²) in [4.78, 5) is 27.6. The van der Waals surface area contributed by atoms with E-state index in [1.54, 1.807) is 6.92 Å². The van der Waals surface area contributed by atoms with E-state index in [-0.39, 0.29) is 17.7 Å². The summed E-state index contributed by atoms with van der Waals surface area (Å²) in [7, 11) is 0. The molecule has 0 spiro atoms. The zero-order valence-electron chi connectivity index (χ0n) is 11.8. The largest absolute Gasteiger partial charge is 0.339 e. The number of piperazine rings is 1. The van der Waals surface area contributed by atoms with Crippen molar-refractivity contribution in [1.82, 2.24) is 9.80 Å². The Morgan fingerprint density at radius 2 is 1.63 bits per heavy atom. The first-order valence-electron chi connectivity index (χ1n) is 7.38. The van der Waals surface area contributed by atoms with Crippen molar-refractivity contribution in [1.29, 1.82) is 0 Å². The van der Waals surface area contributed by atoms with Gasteiger partial charge in [-0.05, 0) is 25.3 Å². The minimum atomic E-state index is 0.101. The number of rotatable bonds is 2. The van der Waals surface area contributed by atoms with E-state index < -0.39 is 0 Å². The quantitative estimate of drug-likeness (QED) is 0.789. The fourth-order valence-corrected chi connectivity index (χ4v) is 3.29. The molecular weight excluding hydrogens is 242 g/mol. The lowest BCUT2D eigenvalue weighted by Crippen LogP contribution is -2.52. The number of carbonyl (C=O) groups is 2. The van der Waals surface area contributed by atoms with E-state index in [4.69, 9.17) is 5.73 Å². The van der Waals surface area contributed by atoms with Gasteiger partial charge in [-0.2, -0.15) is 0 Å². The van der Waals surface area contributed by atoms with Crippen molar-refractivity contribution in [3.8, 4) is 0 Å². The highest BCUT2D eigenvalue weighted by Gasteiger charge is 2.34. The molecule has 2 N–H and O–H groups in total. The molecule has 2 rings (SSSR count). The van der Waals surface area contributed by atoms with Gasteiger partial charge in [-0.25, -0.2) is 0 Å². The molecule has 1 aliphatic heterocycles. The van der Waals surface area contributed by atoms with Crippen LogP contribution in [0.5, 0.6) is 0 Å². The molecule has 0 radical (unpaired) electrons. The number of carbonyl (C=O) groups excluding carboxylic acids is 2. The highest BCUT2D eigenvalue weighted by molar-refractivity contribution is 5.80. The maximum absolute atomic E-state index is 12.6. The molecule has 0 aromatic rings. The Morgan fingerprint density at radius 3 is 2.21 bits per heavy atom. The Balaban J connectivity index is 1.91. The van der Waals surface area contributed by atoms with Gasteiger partial charge in [0.2, 0.25) is 11.8 Å². The maximum Gasteiger partial charge on any atom is 0.226 e. The van der Waals surface area contributed by atoms with Gasteiger partial charge in [0.15, 0.2) is 0 Å². The third-order valence-corrected chi connectivity index (χ3v) is 4.57. The highest BCUT2D eigenvalue weighted by atomic mass is 16.2. The van der Waals surface area contributed by atoms with Gasteiger partial charge in [0.1, 0.15) is 0 Å². The fourth-order valence-electron chi connectivity index (χ4n) is 3.29. The zero-order chi connectivity index (χ0) is 13.8. The molecule has 5 heteroatoms. The Bertz CT molecular complexity index is 338. The molecule has 0 aromatic heterocycles. The zero-order valence-corrected chi connectivity index (χ0v) is 11.8. The molecule has 5 nitrogen and oxygen atoms in total. The molecule has 1 saturated carbocycles. The molecule has 2 unspecified atom stereocenters. The lowest BCUT2D eigenvalue weighted by atomic mass is 9.78. The third-order valence-electron chi connectivity index (χ3n) is 4.57. The summed E-state index contributed by atoms with van der Waals surface area (Å²) in [6.07, 6.45) is 4.40. The van der Waals surface area contributed by atoms with Crippen molar-refractivity contribution >= 4 is 11.8 Å². The van der Waals surface area contributed by atoms with Gasteiger partial charge < -0.3 is 15.5 Å². The SMILES string of the molecule is CC(=O)N1CCN(C(=O)C2CCCCC2CN)CC1. The first kappa shape index (κ1) is 14.3. The minimum absolute atomic E-state index is 0.101. The number of amides is 2. The van der Waals surface area contributed by atoms with E-state index in [9.17, 15) is 9.59 Å². The highest BCUT2D eigenvalue weighted by Crippen LogP contribution is 2.31. The Kier molecular flexibility index (Phi) is 4.80. The van der Waals surface area contributed by atoms with E-state index in [1.807, 2.05) is 9.80 Å². The van der Waals surface area contributed by atoms with Gasteiger partial charge in [-0.1, -0.05) is 12.8 Å². The molecule has 2 fully saturated rings. The predicted molar refractivity (Wildman–Crippen MR) is 73.3 cm³/mol. The van der Waals surface area contributed by atoms with Crippen LogP contribution in [-0.2, 0) is 9.59 Å². The van der Waals surface area contributed by atoms with Crippen LogP contribution in [0.4, 0.5) is 0 Å². The second-order valence-electron chi connectivity index (χ2n) is 5.72. The summed E-state index contributed by atoms with van der Waals surface area (Å²) in [5.74, 6) is 0.831. The molecule has 0 bridgehead atoms. The van der Waals surface area contributed by atoms with E-state index in [0.29, 0.717) is 38.6 Å². The summed E-state index contributed by atoms with van der Waals surface area (Å²) in [5.41, 5.74) is 5.80. The fraction of sp³-hybridized carbons (Fsp3) is 0.857. The van der Waals surface area contributed by atoms with E-state index >= 15 is 0 Å². The lowest BCUT2D eigenvalue weighted by Gasteiger charge is -2.38. The van der Waals surface area contributed by atoms with Crippen LogP contribution in [0.3, 0.4) is 0 Å². The summed E-state index contributed by atoms with van der Waals surface area (Å²) >= 11 is 0. The van der Waals surface area contributed by atoms with Crippen molar-refractivity contribution in [2.24, 2.45) is 17.6 Å². The molecule has 2 atom stereocenters. The van der Waals surface area contributed by atoms with Crippen molar-refractivity contribution in [2.75, 3.05) is 32.7 Å². The van der Waals surface area contributed by atoms with Crippen LogP contribution >= 0.6 is 0 Å². The van der Waals surface area contributed by atoms with Crippen LogP contribution in [0.15, 0.2) is 0 Å². The maximum atomic E-state index is 12.6. The number of nitrogens with zero attached hydrogens (tertiary/aromatic N) is 2. The van der Waals surface area contributed by atoms with Crippen LogP contribution in [0, 0.1) is 11.8 Å². The number of nitrogens with two attached hydrogens (primary N) is 1. The van der Waals surface area contributed by atoms with Crippen molar-refractivity contribution in [3.05, 3.63) is 0 Å². The van der Waals surface area contributed by atoms with Crippen molar-refractivity contribution < 1.29 is 9.59 Å². The predicted octanol–water partition coefficient (Wildman–Crippen LogP) is 0.442. The first-order valence-corrected chi connectivity index (χ1v) is 7.38. The second-order valence-corrected chi connectivity index (χ2v) is 5.72. The topological polar surface area (TPSA) is 66.6 Å². The Hall–Kier alpha value is -1.10. The number of hydrogen-bond donors (Lipinski definition) is 1. The minimum Gasteiger partial charge on any atom is -0.339 e. The van der Waals surface area contributed by atoms with E-state index in [1.165, 1.54) is 6.42 Å². The first-order chi connectivity index (χ1) is 9.13. The average molecular weight is 267 g/mol. The molecular formula is C14H25N3O2.